The lowest BCUT2D eigenvalue weighted by molar-refractivity contribution is 0.111. The van der Waals surface area contributed by atoms with Crippen LogP contribution in [0.3, 0.4) is 0 Å². The molecular formula is C30H35N7O3. The van der Waals surface area contributed by atoms with Crippen LogP contribution in [0.25, 0.3) is 5.65 Å². The summed E-state index contributed by atoms with van der Waals surface area (Å²) in [5, 5.41) is 14.5. The van der Waals surface area contributed by atoms with Crippen LogP contribution in [-0.4, -0.2) is 36.9 Å². The average molecular weight is 542 g/mol. The van der Waals surface area contributed by atoms with Gasteiger partial charge in [0.05, 0.1) is 17.9 Å². The van der Waals surface area contributed by atoms with Crippen LogP contribution in [0.15, 0.2) is 48.7 Å². The number of amides is 2. The summed E-state index contributed by atoms with van der Waals surface area (Å²) < 4.78 is 8.49. The summed E-state index contributed by atoms with van der Waals surface area (Å²) in [6, 6.07) is 13.0. The molecule has 2 N–H and O–H groups in total. The summed E-state index contributed by atoms with van der Waals surface area (Å²) in [7, 11) is 0. The third-order valence-corrected chi connectivity index (χ3v) is 7.33. The maximum atomic E-state index is 13.0. The van der Waals surface area contributed by atoms with Crippen LogP contribution in [0.1, 0.15) is 105 Å². The molecular weight excluding hydrogens is 506 g/mol. The van der Waals surface area contributed by atoms with E-state index in [-0.39, 0.29) is 35.1 Å². The molecule has 0 fully saturated rings. The number of aromatic nitrogens is 5. The first kappa shape index (κ1) is 27.2. The summed E-state index contributed by atoms with van der Waals surface area (Å²) in [4.78, 5) is 32.8. The summed E-state index contributed by atoms with van der Waals surface area (Å²) in [6.45, 7) is 10.2. The van der Waals surface area contributed by atoms with Gasteiger partial charge in [-0.1, -0.05) is 58.9 Å². The fourth-order valence-corrected chi connectivity index (χ4v) is 4.94. The smallest absolute Gasteiger partial charge is 0.320 e. The molecule has 0 saturated heterocycles. The van der Waals surface area contributed by atoms with Crippen molar-refractivity contribution in [2.75, 3.05) is 5.32 Å². The lowest BCUT2D eigenvalue weighted by Crippen LogP contribution is -2.36. The number of carbonyl (C=O) groups is 2. The van der Waals surface area contributed by atoms with Crippen molar-refractivity contribution >= 4 is 23.8 Å². The zero-order valence-electron chi connectivity index (χ0n) is 23.5. The van der Waals surface area contributed by atoms with Crippen LogP contribution >= 0.6 is 0 Å². The predicted octanol–water partition coefficient (Wildman–Crippen LogP) is 5.92. The lowest BCUT2D eigenvalue weighted by Gasteiger charge is -2.32. The Labute approximate surface area is 233 Å². The molecule has 3 atom stereocenters. The van der Waals surface area contributed by atoms with Gasteiger partial charge in [0, 0.05) is 17.4 Å². The number of aldehydes is 1. The van der Waals surface area contributed by atoms with E-state index in [1.807, 2.05) is 67.8 Å². The van der Waals surface area contributed by atoms with Crippen LogP contribution in [-0.2, 0) is 5.41 Å². The van der Waals surface area contributed by atoms with Gasteiger partial charge in [0.2, 0.25) is 0 Å². The second-order valence-corrected chi connectivity index (χ2v) is 11.3. The van der Waals surface area contributed by atoms with E-state index in [1.165, 1.54) is 0 Å². The Morgan fingerprint density at radius 2 is 1.90 bits per heavy atom. The molecule has 10 nitrogen and oxygen atoms in total. The molecule has 0 saturated carbocycles. The largest absolute Gasteiger partial charge is 0.484 e. The third kappa shape index (κ3) is 5.66. The first-order valence-electron chi connectivity index (χ1n) is 13.7. The second kappa shape index (κ2) is 11.0. The highest BCUT2D eigenvalue weighted by Crippen LogP contribution is 2.39. The standard InChI is InChI=1S/C30H35N7O3/c1-6-18(2)28-36-35-27-14-11-19(16-37(27)28)40-23-13-12-22(20-9-7-8-10-21(20)23)31-29(39)34-25-15-24(30(3,4)5)32-26(17-38)33-25/h7-11,14-18,22-23H,6,12-13H2,1-5H3,(H2,31,32,33,34,39)/t18-,22-,23+/m0/s1. The Morgan fingerprint density at radius 1 is 1.12 bits per heavy atom. The molecule has 1 aliphatic carbocycles. The number of carbonyl (C=O) groups excluding carboxylic acids is 2. The molecule has 3 heterocycles. The van der Waals surface area contributed by atoms with Gasteiger partial charge in [0.1, 0.15) is 23.5 Å². The molecule has 4 aromatic rings. The molecule has 1 aromatic carbocycles. The zero-order valence-corrected chi connectivity index (χ0v) is 23.5. The van der Waals surface area contributed by atoms with E-state index in [2.05, 4.69) is 44.6 Å². The van der Waals surface area contributed by atoms with Gasteiger partial charge in [-0.3, -0.25) is 14.5 Å². The summed E-state index contributed by atoms with van der Waals surface area (Å²) in [6.07, 6.45) is 4.76. The highest BCUT2D eigenvalue weighted by molar-refractivity contribution is 5.89. The Morgan fingerprint density at radius 3 is 2.62 bits per heavy atom. The van der Waals surface area contributed by atoms with Gasteiger partial charge in [0.25, 0.3) is 0 Å². The van der Waals surface area contributed by atoms with Gasteiger partial charge in [0.15, 0.2) is 17.8 Å². The van der Waals surface area contributed by atoms with Crippen molar-refractivity contribution in [3.8, 4) is 5.75 Å². The van der Waals surface area contributed by atoms with Crippen LogP contribution in [0, 0.1) is 0 Å². The zero-order chi connectivity index (χ0) is 28.4. The highest BCUT2D eigenvalue weighted by Gasteiger charge is 2.30. The lowest BCUT2D eigenvalue weighted by atomic mass is 9.85. The number of fused-ring (bicyclic) bond motifs is 2. The average Bonchev–Trinajstić information content (AvgIpc) is 3.36. The fourth-order valence-electron chi connectivity index (χ4n) is 4.94. The van der Waals surface area contributed by atoms with Gasteiger partial charge < -0.3 is 10.1 Å². The SMILES string of the molecule is CC[C@H](C)c1nnc2ccc(O[C@@H]3CC[C@H](NC(=O)Nc4cc(C(C)(C)C)nc(C=O)n4)c4ccccc43)cn12. The van der Waals surface area contributed by atoms with Crippen molar-refractivity contribution in [2.24, 2.45) is 0 Å². The Kier molecular flexibility index (Phi) is 7.51. The van der Waals surface area contributed by atoms with Crippen LogP contribution < -0.4 is 15.4 Å². The quantitative estimate of drug-likeness (QED) is 0.278. The molecule has 0 unspecified atom stereocenters. The van der Waals surface area contributed by atoms with Crippen LogP contribution in [0.2, 0.25) is 0 Å². The number of hydrogen-bond donors (Lipinski definition) is 2. The van der Waals surface area contributed by atoms with E-state index in [4.69, 9.17) is 4.74 Å². The Hall–Kier alpha value is -4.34. The molecule has 3 aromatic heterocycles. The minimum Gasteiger partial charge on any atom is -0.484 e. The maximum Gasteiger partial charge on any atom is 0.320 e. The summed E-state index contributed by atoms with van der Waals surface area (Å²) in [5.74, 6) is 2.26. The molecule has 208 valence electrons. The number of ether oxygens (including phenoxy) is 1. The number of benzene rings is 1. The van der Waals surface area contributed by atoms with E-state index < -0.39 is 6.03 Å². The highest BCUT2D eigenvalue weighted by atomic mass is 16.5. The van der Waals surface area contributed by atoms with Crippen molar-refractivity contribution in [2.45, 2.75) is 77.4 Å². The van der Waals surface area contributed by atoms with Crippen LogP contribution in [0.4, 0.5) is 10.6 Å². The number of urea groups is 1. The monoisotopic (exact) mass is 541 g/mol. The first-order valence-corrected chi connectivity index (χ1v) is 13.7. The van der Waals surface area contributed by atoms with E-state index >= 15 is 0 Å². The molecule has 5 rings (SSSR count). The Balaban J connectivity index is 1.32. The van der Waals surface area contributed by atoms with Gasteiger partial charge >= 0.3 is 6.03 Å². The van der Waals surface area contributed by atoms with E-state index in [9.17, 15) is 9.59 Å². The van der Waals surface area contributed by atoms with Gasteiger partial charge in [-0.25, -0.2) is 14.8 Å². The van der Waals surface area contributed by atoms with Crippen LogP contribution in [0.5, 0.6) is 5.75 Å². The number of rotatable bonds is 7. The van der Waals surface area contributed by atoms with Crippen molar-refractivity contribution < 1.29 is 14.3 Å². The van der Waals surface area contributed by atoms with Gasteiger partial charge in [-0.15, -0.1) is 10.2 Å². The molecule has 40 heavy (non-hydrogen) atoms. The minimum absolute atomic E-state index is 0.0339. The van der Waals surface area contributed by atoms with E-state index in [0.29, 0.717) is 18.4 Å². The number of nitrogens with one attached hydrogen (secondary N) is 2. The number of pyridine rings is 1. The topological polar surface area (TPSA) is 123 Å². The molecule has 0 radical (unpaired) electrons. The normalized spacial score (nSPS) is 17.6. The van der Waals surface area contributed by atoms with E-state index in [1.54, 1.807) is 6.07 Å². The first-order chi connectivity index (χ1) is 19.2. The number of anilines is 1. The summed E-state index contributed by atoms with van der Waals surface area (Å²) >= 11 is 0. The van der Waals surface area contributed by atoms with E-state index in [0.717, 1.165) is 41.2 Å². The molecule has 0 bridgehead atoms. The summed E-state index contributed by atoms with van der Waals surface area (Å²) in [5.41, 5.74) is 3.19. The number of nitrogens with zero attached hydrogens (tertiary/aromatic N) is 5. The Bertz CT molecular complexity index is 1540. The van der Waals surface area contributed by atoms with Crippen molar-refractivity contribution in [1.29, 1.82) is 0 Å². The molecule has 0 aliphatic heterocycles. The molecule has 0 spiro atoms. The van der Waals surface area contributed by atoms with Crippen molar-refractivity contribution in [3.63, 3.8) is 0 Å². The van der Waals surface area contributed by atoms with Crippen molar-refractivity contribution in [3.05, 3.63) is 77.1 Å². The fraction of sp³-hybridized carbons (Fsp3) is 0.400. The van der Waals surface area contributed by atoms with Gasteiger partial charge in [-0.05, 0) is 42.5 Å². The maximum absolute atomic E-state index is 13.0. The predicted molar refractivity (Wildman–Crippen MR) is 152 cm³/mol. The molecule has 1 aliphatic rings. The third-order valence-electron chi connectivity index (χ3n) is 7.33. The number of hydrogen-bond acceptors (Lipinski definition) is 7. The molecule has 10 heteroatoms. The van der Waals surface area contributed by atoms with Gasteiger partial charge in [-0.2, -0.15) is 0 Å². The minimum atomic E-state index is -0.398. The molecule has 2 amide bonds. The second-order valence-electron chi connectivity index (χ2n) is 11.3. The van der Waals surface area contributed by atoms with Crippen molar-refractivity contribution in [1.82, 2.24) is 29.9 Å².